The van der Waals surface area contributed by atoms with Crippen molar-refractivity contribution in [3.05, 3.63) is 47.7 Å². The Morgan fingerprint density at radius 2 is 2.17 bits per heavy atom. The molecule has 0 aliphatic rings. The molecule has 4 heteroatoms. The maximum absolute atomic E-state index is 5.46. The van der Waals surface area contributed by atoms with Gasteiger partial charge in [-0.25, -0.2) is 0 Å². The number of aromatic nitrogens is 2. The fourth-order valence-corrected chi connectivity index (χ4v) is 1.65. The summed E-state index contributed by atoms with van der Waals surface area (Å²) in [6.07, 6.45) is 1.74. The lowest BCUT2D eigenvalue weighted by molar-refractivity contribution is 0.340. The van der Waals surface area contributed by atoms with Crippen LogP contribution in [-0.4, -0.2) is 16.8 Å². The molecule has 2 rings (SSSR count). The Kier molecular flexibility index (Phi) is 4.12. The molecule has 1 aromatic heterocycles. The highest BCUT2D eigenvalue weighted by Crippen LogP contribution is 2.14. The van der Waals surface area contributed by atoms with E-state index in [2.05, 4.69) is 21.6 Å². The smallest absolute Gasteiger partial charge is 0.149 e. The first-order chi connectivity index (χ1) is 8.78. The number of ether oxygens (including phenoxy) is 1. The SMILES string of the molecule is CCOc1cccc(CNc2cc(C)cnn2)c1. The van der Waals surface area contributed by atoms with Gasteiger partial charge in [-0.2, -0.15) is 5.10 Å². The van der Waals surface area contributed by atoms with Crippen LogP contribution in [-0.2, 0) is 6.54 Å². The molecule has 94 valence electrons. The van der Waals surface area contributed by atoms with E-state index in [1.54, 1.807) is 6.20 Å². The summed E-state index contributed by atoms with van der Waals surface area (Å²) < 4.78 is 5.46. The fourth-order valence-electron chi connectivity index (χ4n) is 1.65. The lowest BCUT2D eigenvalue weighted by Gasteiger charge is -2.08. The lowest BCUT2D eigenvalue weighted by atomic mass is 10.2. The van der Waals surface area contributed by atoms with Crippen LogP contribution in [0.1, 0.15) is 18.1 Å². The second kappa shape index (κ2) is 6.00. The van der Waals surface area contributed by atoms with Crippen LogP contribution in [0.5, 0.6) is 5.75 Å². The zero-order chi connectivity index (χ0) is 12.8. The van der Waals surface area contributed by atoms with E-state index in [9.17, 15) is 0 Å². The second-order valence-corrected chi connectivity index (χ2v) is 4.05. The van der Waals surface area contributed by atoms with Gasteiger partial charge in [-0.05, 0) is 43.2 Å². The molecular weight excluding hydrogens is 226 g/mol. The standard InChI is InChI=1S/C14H17N3O/c1-3-18-13-6-4-5-12(8-13)10-15-14-7-11(2)9-16-17-14/h4-9H,3,10H2,1-2H3,(H,15,17). The van der Waals surface area contributed by atoms with Gasteiger partial charge in [0.1, 0.15) is 11.6 Å². The summed E-state index contributed by atoms with van der Waals surface area (Å²) in [6, 6.07) is 10.0. The van der Waals surface area contributed by atoms with E-state index < -0.39 is 0 Å². The van der Waals surface area contributed by atoms with Crippen molar-refractivity contribution < 1.29 is 4.74 Å². The van der Waals surface area contributed by atoms with Gasteiger partial charge in [0, 0.05) is 6.54 Å². The van der Waals surface area contributed by atoms with Crippen molar-refractivity contribution in [2.45, 2.75) is 20.4 Å². The predicted molar refractivity (Wildman–Crippen MR) is 71.7 cm³/mol. The number of benzene rings is 1. The molecule has 1 aromatic carbocycles. The molecule has 1 heterocycles. The van der Waals surface area contributed by atoms with E-state index in [0.29, 0.717) is 13.2 Å². The molecule has 0 bridgehead atoms. The van der Waals surface area contributed by atoms with Crippen molar-refractivity contribution in [1.29, 1.82) is 0 Å². The molecule has 0 saturated carbocycles. The van der Waals surface area contributed by atoms with E-state index >= 15 is 0 Å². The van der Waals surface area contributed by atoms with E-state index in [1.165, 1.54) is 0 Å². The zero-order valence-corrected chi connectivity index (χ0v) is 10.7. The Bertz CT molecular complexity index is 514. The van der Waals surface area contributed by atoms with Crippen molar-refractivity contribution in [2.75, 3.05) is 11.9 Å². The van der Waals surface area contributed by atoms with Crippen LogP contribution in [0.25, 0.3) is 0 Å². The quantitative estimate of drug-likeness (QED) is 0.877. The number of hydrogen-bond acceptors (Lipinski definition) is 4. The molecular formula is C14H17N3O. The first-order valence-corrected chi connectivity index (χ1v) is 6.03. The lowest BCUT2D eigenvalue weighted by Crippen LogP contribution is -2.03. The predicted octanol–water partition coefficient (Wildman–Crippen LogP) is 2.80. The molecule has 0 fully saturated rings. The summed E-state index contributed by atoms with van der Waals surface area (Å²) in [7, 11) is 0. The van der Waals surface area contributed by atoms with Crippen molar-refractivity contribution in [1.82, 2.24) is 10.2 Å². The number of rotatable bonds is 5. The largest absolute Gasteiger partial charge is 0.494 e. The molecule has 0 atom stereocenters. The molecule has 0 aliphatic heterocycles. The van der Waals surface area contributed by atoms with Gasteiger partial charge in [0.2, 0.25) is 0 Å². The molecule has 2 aromatic rings. The van der Waals surface area contributed by atoms with Crippen LogP contribution >= 0.6 is 0 Å². The molecule has 0 aliphatic carbocycles. The van der Waals surface area contributed by atoms with Gasteiger partial charge >= 0.3 is 0 Å². The number of nitrogens with one attached hydrogen (secondary N) is 1. The van der Waals surface area contributed by atoms with Crippen LogP contribution < -0.4 is 10.1 Å². The average molecular weight is 243 g/mol. The highest BCUT2D eigenvalue weighted by molar-refractivity contribution is 5.37. The summed E-state index contributed by atoms with van der Waals surface area (Å²) >= 11 is 0. The van der Waals surface area contributed by atoms with Gasteiger partial charge < -0.3 is 10.1 Å². The molecule has 0 amide bonds. The summed E-state index contributed by atoms with van der Waals surface area (Å²) in [5.41, 5.74) is 2.25. The second-order valence-electron chi connectivity index (χ2n) is 4.05. The highest BCUT2D eigenvalue weighted by atomic mass is 16.5. The monoisotopic (exact) mass is 243 g/mol. The average Bonchev–Trinajstić information content (AvgIpc) is 2.37. The van der Waals surface area contributed by atoms with Crippen molar-refractivity contribution in [3.63, 3.8) is 0 Å². The first-order valence-electron chi connectivity index (χ1n) is 6.03. The fraction of sp³-hybridized carbons (Fsp3) is 0.286. The van der Waals surface area contributed by atoms with Gasteiger partial charge in [0.15, 0.2) is 0 Å². The third-order valence-corrected chi connectivity index (χ3v) is 2.47. The highest BCUT2D eigenvalue weighted by Gasteiger charge is 1.98. The van der Waals surface area contributed by atoms with Crippen LogP contribution in [0.4, 0.5) is 5.82 Å². The van der Waals surface area contributed by atoms with Gasteiger partial charge in [0.05, 0.1) is 12.8 Å². The molecule has 18 heavy (non-hydrogen) atoms. The number of hydrogen-bond donors (Lipinski definition) is 1. The topological polar surface area (TPSA) is 47.0 Å². The Morgan fingerprint density at radius 1 is 1.28 bits per heavy atom. The molecule has 1 N–H and O–H groups in total. The Hall–Kier alpha value is -2.10. The summed E-state index contributed by atoms with van der Waals surface area (Å²) in [5, 5.41) is 11.2. The maximum atomic E-state index is 5.46. The zero-order valence-electron chi connectivity index (χ0n) is 10.7. The minimum absolute atomic E-state index is 0.681. The third kappa shape index (κ3) is 3.45. The van der Waals surface area contributed by atoms with Gasteiger partial charge in [-0.1, -0.05) is 12.1 Å². The Morgan fingerprint density at radius 3 is 2.94 bits per heavy atom. The molecule has 0 unspecified atom stereocenters. The van der Waals surface area contributed by atoms with E-state index in [1.807, 2.05) is 38.1 Å². The molecule has 0 spiro atoms. The molecule has 0 saturated heterocycles. The van der Waals surface area contributed by atoms with Crippen molar-refractivity contribution in [3.8, 4) is 5.75 Å². The van der Waals surface area contributed by atoms with Crippen LogP contribution in [0, 0.1) is 6.92 Å². The third-order valence-electron chi connectivity index (χ3n) is 2.47. The Balaban J connectivity index is 1.99. The van der Waals surface area contributed by atoms with Crippen molar-refractivity contribution in [2.24, 2.45) is 0 Å². The van der Waals surface area contributed by atoms with Crippen LogP contribution in [0.2, 0.25) is 0 Å². The van der Waals surface area contributed by atoms with Crippen LogP contribution in [0.3, 0.4) is 0 Å². The number of nitrogens with zero attached hydrogens (tertiary/aromatic N) is 2. The summed E-state index contributed by atoms with van der Waals surface area (Å²) in [6.45, 7) is 5.36. The van der Waals surface area contributed by atoms with Gasteiger partial charge in [-0.3, -0.25) is 0 Å². The first kappa shape index (κ1) is 12.4. The van der Waals surface area contributed by atoms with Crippen molar-refractivity contribution >= 4 is 5.82 Å². The minimum atomic E-state index is 0.681. The molecule has 0 radical (unpaired) electrons. The molecule has 4 nitrogen and oxygen atoms in total. The number of anilines is 1. The normalized spacial score (nSPS) is 10.1. The van der Waals surface area contributed by atoms with Gasteiger partial charge in [0.25, 0.3) is 0 Å². The maximum Gasteiger partial charge on any atom is 0.149 e. The Labute approximate surface area is 107 Å². The summed E-state index contributed by atoms with van der Waals surface area (Å²) in [5.74, 6) is 1.68. The summed E-state index contributed by atoms with van der Waals surface area (Å²) in [4.78, 5) is 0. The van der Waals surface area contributed by atoms with E-state index in [4.69, 9.17) is 4.74 Å². The van der Waals surface area contributed by atoms with Crippen LogP contribution in [0.15, 0.2) is 36.5 Å². The minimum Gasteiger partial charge on any atom is -0.494 e. The van der Waals surface area contributed by atoms with Gasteiger partial charge in [-0.15, -0.1) is 5.10 Å². The van der Waals surface area contributed by atoms with E-state index in [0.717, 1.165) is 22.7 Å². The van der Waals surface area contributed by atoms with E-state index in [-0.39, 0.29) is 0 Å². The number of aryl methyl sites for hydroxylation is 1.